The first-order valence-electron chi connectivity index (χ1n) is 15.6. The number of hydrogen-bond donors (Lipinski definition) is 4. The van der Waals surface area contributed by atoms with E-state index < -0.39 is 0 Å². The maximum Gasteiger partial charge on any atom is 0.0840 e. The Morgan fingerprint density at radius 3 is 1.94 bits per heavy atom. The first-order valence-corrected chi connectivity index (χ1v) is 15.6. The Bertz CT molecular complexity index is 2390. The summed E-state index contributed by atoms with van der Waals surface area (Å²) in [7, 11) is 1.99. The van der Waals surface area contributed by atoms with Gasteiger partial charge >= 0.3 is 0 Å². The molecule has 0 aromatic carbocycles. The van der Waals surface area contributed by atoms with Crippen LogP contribution in [0, 0.1) is 27.7 Å². The highest BCUT2D eigenvalue weighted by atomic mass is 15.1. The van der Waals surface area contributed by atoms with E-state index in [2.05, 4.69) is 70.9 Å². The first-order chi connectivity index (χ1) is 24.4. The van der Waals surface area contributed by atoms with Crippen LogP contribution < -0.4 is 0 Å². The Kier molecular flexibility index (Phi) is 10.1. The zero-order chi connectivity index (χ0) is 34.9. The SMILES string of the molecule is Cc1c[nH]c2cnncc12.Cc1cc2cnncc2[nH]1.Cc1nncc2[nH]ccc12.Cc1nncc2cc[nH]c12.Cn1ccc2cnncc21. The molecule has 10 rings (SSSR count). The number of fused-ring (bicyclic) bond motifs is 5. The molecule has 50 heavy (non-hydrogen) atoms. The topological polar surface area (TPSA) is 197 Å². The summed E-state index contributed by atoms with van der Waals surface area (Å²) in [5.41, 5.74) is 9.62. The minimum Gasteiger partial charge on any atom is -0.360 e. The molecule has 15 heteroatoms. The molecule has 0 atom stereocenters. The molecule has 0 radical (unpaired) electrons. The summed E-state index contributed by atoms with van der Waals surface area (Å²) < 4.78 is 2.02. The van der Waals surface area contributed by atoms with Gasteiger partial charge in [0.05, 0.1) is 88.5 Å². The number of aromatic nitrogens is 15. The van der Waals surface area contributed by atoms with E-state index in [1.165, 1.54) is 5.56 Å². The van der Waals surface area contributed by atoms with Crippen molar-refractivity contribution in [2.75, 3.05) is 0 Å². The van der Waals surface area contributed by atoms with E-state index >= 15 is 0 Å². The van der Waals surface area contributed by atoms with Crippen LogP contribution in [0.15, 0.2) is 98.6 Å². The highest BCUT2D eigenvalue weighted by Crippen LogP contribution is 2.14. The average Bonchev–Trinajstić information content (AvgIpc) is 3.98. The second-order valence-electron chi connectivity index (χ2n) is 11.3. The van der Waals surface area contributed by atoms with Crippen LogP contribution in [0.3, 0.4) is 0 Å². The van der Waals surface area contributed by atoms with Crippen molar-refractivity contribution in [3.63, 3.8) is 0 Å². The van der Waals surface area contributed by atoms with E-state index in [0.29, 0.717) is 0 Å². The van der Waals surface area contributed by atoms with E-state index in [1.54, 1.807) is 49.6 Å². The zero-order valence-electron chi connectivity index (χ0n) is 28.2. The van der Waals surface area contributed by atoms with Crippen molar-refractivity contribution in [1.82, 2.24) is 75.5 Å². The van der Waals surface area contributed by atoms with Gasteiger partial charge in [-0.25, -0.2) is 0 Å². The molecule has 250 valence electrons. The summed E-state index contributed by atoms with van der Waals surface area (Å²) in [6, 6.07) is 8.05. The number of nitrogens with one attached hydrogen (secondary N) is 4. The Morgan fingerprint density at radius 2 is 1.18 bits per heavy atom. The third kappa shape index (κ3) is 7.79. The molecule has 10 heterocycles. The maximum atomic E-state index is 3.91. The molecule has 0 amide bonds. The Morgan fingerprint density at radius 1 is 0.540 bits per heavy atom. The van der Waals surface area contributed by atoms with E-state index in [9.17, 15) is 0 Å². The number of rotatable bonds is 0. The van der Waals surface area contributed by atoms with Crippen molar-refractivity contribution in [2.24, 2.45) is 7.05 Å². The summed E-state index contributed by atoms with van der Waals surface area (Å²) in [6.45, 7) is 7.94. The van der Waals surface area contributed by atoms with Gasteiger partial charge in [0.25, 0.3) is 0 Å². The van der Waals surface area contributed by atoms with E-state index in [1.807, 2.05) is 88.4 Å². The molecule has 0 bridgehead atoms. The van der Waals surface area contributed by atoms with Gasteiger partial charge in [-0.1, -0.05) is 0 Å². The molecule has 0 aliphatic carbocycles. The molecule has 10 aromatic rings. The van der Waals surface area contributed by atoms with Crippen LogP contribution >= 0.6 is 0 Å². The van der Waals surface area contributed by atoms with Gasteiger partial charge in [-0.15, -0.1) is 0 Å². The first kappa shape index (κ1) is 33.0. The third-order valence-electron chi connectivity index (χ3n) is 7.77. The number of H-pyrrole nitrogens is 4. The molecule has 0 aliphatic heterocycles. The van der Waals surface area contributed by atoms with Crippen LogP contribution in [0.25, 0.3) is 54.5 Å². The van der Waals surface area contributed by atoms with Gasteiger partial charge in [0.15, 0.2) is 0 Å². The summed E-state index contributed by atoms with van der Waals surface area (Å²) in [5, 5.41) is 43.7. The molecule has 10 aromatic heterocycles. The lowest BCUT2D eigenvalue weighted by Gasteiger charge is -1.90. The van der Waals surface area contributed by atoms with Gasteiger partial charge in [0, 0.05) is 64.5 Å². The lowest BCUT2D eigenvalue weighted by Crippen LogP contribution is -1.85. The standard InChI is InChI=1S/5C7H7N3/c1-5-2-8-7-4-10-9-3-6(5)7;1-5-2-6-3-8-9-4-7(6)10-5;1-10-3-2-6-4-8-9-5-7(6)10;1-5-6-2-3-8-7(6)4-9-10-5;1-5-7-6(2-3-8-7)4-9-10-5/h2-4,8H,1H3;2-4,10H,1H3;2-5H,1H3;2*2-4,8H,1H3. The maximum absolute atomic E-state index is 3.91. The molecule has 0 fully saturated rings. The fraction of sp³-hybridized carbons (Fsp3) is 0.143. The highest BCUT2D eigenvalue weighted by molar-refractivity contribution is 5.82. The van der Waals surface area contributed by atoms with Crippen molar-refractivity contribution < 1.29 is 0 Å². The van der Waals surface area contributed by atoms with Crippen molar-refractivity contribution in [3.8, 4) is 0 Å². The van der Waals surface area contributed by atoms with Gasteiger partial charge in [-0.05, 0) is 57.5 Å². The third-order valence-corrected chi connectivity index (χ3v) is 7.77. The van der Waals surface area contributed by atoms with Crippen LogP contribution in [0.2, 0.25) is 0 Å². The van der Waals surface area contributed by atoms with Gasteiger partial charge < -0.3 is 24.5 Å². The quantitative estimate of drug-likeness (QED) is 0.148. The smallest absolute Gasteiger partial charge is 0.0840 e. The van der Waals surface area contributed by atoms with Crippen LogP contribution in [0.1, 0.15) is 22.6 Å². The Labute approximate surface area is 285 Å². The predicted octanol–water partition coefficient (Wildman–Crippen LogP) is 6.03. The molecule has 0 unspecified atom stereocenters. The minimum atomic E-state index is 0.947. The van der Waals surface area contributed by atoms with Crippen molar-refractivity contribution in [2.45, 2.75) is 27.7 Å². The Balaban J connectivity index is 0.000000108. The van der Waals surface area contributed by atoms with E-state index in [-0.39, 0.29) is 0 Å². The summed E-state index contributed by atoms with van der Waals surface area (Å²) in [5.74, 6) is 0. The van der Waals surface area contributed by atoms with E-state index in [4.69, 9.17) is 0 Å². The number of aromatic amines is 4. The summed E-state index contributed by atoms with van der Waals surface area (Å²) in [4.78, 5) is 12.4. The minimum absolute atomic E-state index is 0.947. The molecule has 0 saturated heterocycles. The van der Waals surface area contributed by atoms with Crippen molar-refractivity contribution in [3.05, 3.63) is 121 Å². The van der Waals surface area contributed by atoms with E-state index in [0.717, 1.165) is 71.6 Å². The average molecular weight is 666 g/mol. The predicted molar refractivity (Wildman–Crippen MR) is 193 cm³/mol. The van der Waals surface area contributed by atoms with Crippen LogP contribution in [-0.2, 0) is 7.05 Å². The molecular weight excluding hydrogens is 630 g/mol. The van der Waals surface area contributed by atoms with Gasteiger partial charge in [0.1, 0.15) is 0 Å². The number of aryl methyl sites for hydroxylation is 5. The monoisotopic (exact) mass is 665 g/mol. The Hall–Kier alpha value is -6.90. The molecule has 0 aliphatic rings. The van der Waals surface area contributed by atoms with Crippen molar-refractivity contribution in [1.29, 1.82) is 0 Å². The van der Waals surface area contributed by atoms with Crippen LogP contribution in [0.5, 0.6) is 0 Å². The molecule has 15 nitrogen and oxygen atoms in total. The zero-order valence-corrected chi connectivity index (χ0v) is 28.2. The number of nitrogens with zero attached hydrogens (tertiary/aromatic N) is 11. The fourth-order valence-electron chi connectivity index (χ4n) is 5.13. The molecule has 0 spiro atoms. The summed E-state index contributed by atoms with van der Waals surface area (Å²) >= 11 is 0. The van der Waals surface area contributed by atoms with Crippen molar-refractivity contribution >= 4 is 54.5 Å². The fourth-order valence-corrected chi connectivity index (χ4v) is 5.13. The number of hydrogen-bond acceptors (Lipinski definition) is 10. The lowest BCUT2D eigenvalue weighted by molar-refractivity contribution is 0.952. The van der Waals surface area contributed by atoms with Gasteiger partial charge in [-0.3, -0.25) is 0 Å². The molecule has 0 saturated carbocycles. The van der Waals surface area contributed by atoms with Gasteiger partial charge in [0.2, 0.25) is 0 Å². The lowest BCUT2D eigenvalue weighted by atomic mass is 10.3. The second-order valence-corrected chi connectivity index (χ2v) is 11.3. The summed E-state index contributed by atoms with van der Waals surface area (Å²) in [6.07, 6.45) is 21.7. The van der Waals surface area contributed by atoms with Crippen LogP contribution in [0.4, 0.5) is 0 Å². The highest BCUT2D eigenvalue weighted by Gasteiger charge is 1.99. The largest absolute Gasteiger partial charge is 0.360 e. The van der Waals surface area contributed by atoms with Crippen LogP contribution in [-0.4, -0.2) is 75.5 Å². The second kappa shape index (κ2) is 15.3. The molecule has 4 N–H and O–H groups in total. The molecular formula is C35H35N15. The van der Waals surface area contributed by atoms with Gasteiger partial charge in [-0.2, -0.15) is 51.0 Å². The normalized spacial score (nSPS) is 10.5.